The van der Waals surface area contributed by atoms with Crippen molar-refractivity contribution in [3.63, 3.8) is 0 Å². The Bertz CT molecular complexity index is 393. The van der Waals surface area contributed by atoms with E-state index < -0.39 is 0 Å². The van der Waals surface area contributed by atoms with E-state index in [0.717, 1.165) is 31.2 Å². The molecule has 0 amide bonds. The summed E-state index contributed by atoms with van der Waals surface area (Å²) in [6, 6.07) is 3.91. The van der Waals surface area contributed by atoms with Crippen molar-refractivity contribution >= 4 is 29.9 Å². The summed E-state index contributed by atoms with van der Waals surface area (Å²) >= 11 is 0. The molecule has 0 radical (unpaired) electrons. The van der Waals surface area contributed by atoms with Crippen LogP contribution < -0.4 is 10.6 Å². The number of halogens is 1. The molecule has 0 fully saturated rings. The van der Waals surface area contributed by atoms with E-state index in [1.165, 1.54) is 38.6 Å². The Morgan fingerprint density at radius 3 is 2.43 bits per heavy atom. The smallest absolute Gasteiger partial charge is 0.190 e. The molecule has 0 spiro atoms. The lowest BCUT2D eigenvalue weighted by atomic mass is 10.1. The Labute approximate surface area is 158 Å². The van der Waals surface area contributed by atoms with Gasteiger partial charge in [-0.15, -0.1) is 24.0 Å². The number of hydrogen-bond donors (Lipinski definition) is 2. The van der Waals surface area contributed by atoms with Gasteiger partial charge in [0.25, 0.3) is 0 Å². The summed E-state index contributed by atoms with van der Waals surface area (Å²) in [5.41, 5.74) is 0. The van der Waals surface area contributed by atoms with E-state index in [-0.39, 0.29) is 24.0 Å². The first-order valence-corrected chi connectivity index (χ1v) is 8.34. The van der Waals surface area contributed by atoms with Gasteiger partial charge in [0.05, 0.1) is 6.26 Å². The Kier molecular flexibility index (Phi) is 14.3. The molecular formula is C17H33IN4O. The number of guanidine groups is 1. The zero-order chi connectivity index (χ0) is 16.0. The van der Waals surface area contributed by atoms with Gasteiger partial charge in [-0.05, 0) is 45.6 Å². The molecule has 1 aromatic heterocycles. The Hall–Kier alpha value is -0.760. The lowest BCUT2D eigenvalue weighted by Gasteiger charge is -2.11. The average molecular weight is 436 g/mol. The third kappa shape index (κ3) is 12.3. The molecule has 134 valence electrons. The first kappa shape index (κ1) is 22.2. The zero-order valence-corrected chi connectivity index (χ0v) is 17.1. The van der Waals surface area contributed by atoms with Crippen LogP contribution in [-0.4, -0.2) is 51.6 Å². The second-order valence-corrected chi connectivity index (χ2v) is 5.83. The summed E-state index contributed by atoms with van der Waals surface area (Å²) in [6.07, 6.45) is 9.01. The fourth-order valence-corrected chi connectivity index (χ4v) is 2.27. The predicted molar refractivity (Wildman–Crippen MR) is 109 cm³/mol. The van der Waals surface area contributed by atoms with Crippen molar-refractivity contribution < 1.29 is 4.42 Å². The molecule has 0 saturated carbocycles. The summed E-state index contributed by atoms with van der Waals surface area (Å²) in [6.45, 7) is 3.01. The van der Waals surface area contributed by atoms with Crippen LogP contribution in [0, 0.1) is 0 Å². The van der Waals surface area contributed by atoms with Crippen molar-refractivity contribution in [2.75, 3.05) is 40.8 Å². The number of nitrogens with zero attached hydrogens (tertiary/aromatic N) is 2. The Balaban J connectivity index is 0.00000484. The highest BCUT2D eigenvalue weighted by Crippen LogP contribution is 2.02. The monoisotopic (exact) mass is 436 g/mol. The Morgan fingerprint density at radius 2 is 1.78 bits per heavy atom. The highest BCUT2D eigenvalue weighted by molar-refractivity contribution is 14.0. The molecule has 1 heterocycles. The second kappa shape index (κ2) is 14.8. The molecule has 5 nitrogen and oxygen atoms in total. The van der Waals surface area contributed by atoms with E-state index in [0.29, 0.717) is 0 Å². The first-order chi connectivity index (χ1) is 10.7. The maximum absolute atomic E-state index is 5.31. The number of unbranched alkanes of at least 4 members (excludes halogenated alkanes) is 4. The third-order valence-corrected chi connectivity index (χ3v) is 3.54. The van der Waals surface area contributed by atoms with Crippen molar-refractivity contribution in [1.82, 2.24) is 15.5 Å². The first-order valence-electron chi connectivity index (χ1n) is 8.34. The van der Waals surface area contributed by atoms with Crippen LogP contribution in [0.5, 0.6) is 0 Å². The van der Waals surface area contributed by atoms with Crippen LogP contribution in [0.15, 0.2) is 27.8 Å². The number of hydrogen-bond acceptors (Lipinski definition) is 3. The molecule has 1 rings (SSSR count). The summed E-state index contributed by atoms with van der Waals surface area (Å²) in [5, 5.41) is 6.66. The van der Waals surface area contributed by atoms with E-state index in [9.17, 15) is 0 Å². The topological polar surface area (TPSA) is 52.8 Å². The van der Waals surface area contributed by atoms with Crippen molar-refractivity contribution in [3.05, 3.63) is 24.2 Å². The molecule has 0 saturated heterocycles. The van der Waals surface area contributed by atoms with Gasteiger partial charge in [0.1, 0.15) is 5.76 Å². The highest BCUT2D eigenvalue weighted by atomic mass is 127. The van der Waals surface area contributed by atoms with Crippen LogP contribution in [0.2, 0.25) is 0 Å². The van der Waals surface area contributed by atoms with E-state index in [4.69, 9.17) is 4.42 Å². The number of rotatable bonds is 11. The van der Waals surface area contributed by atoms with Gasteiger partial charge < -0.3 is 20.0 Å². The predicted octanol–water partition coefficient (Wildman–Crippen LogP) is 3.12. The fourth-order valence-electron chi connectivity index (χ4n) is 2.27. The molecule has 0 aliphatic rings. The SMILES string of the molecule is CN=C(NCCCCCCCN(C)C)NCCc1ccco1.I. The lowest BCUT2D eigenvalue weighted by molar-refractivity contribution is 0.389. The largest absolute Gasteiger partial charge is 0.469 e. The maximum atomic E-state index is 5.31. The maximum Gasteiger partial charge on any atom is 0.190 e. The quantitative estimate of drug-likeness (QED) is 0.242. The molecular weight excluding hydrogens is 403 g/mol. The average Bonchev–Trinajstić information content (AvgIpc) is 3.01. The normalized spacial score (nSPS) is 11.4. The van der Waals surface area contributed by atoms with Crippen LogP contribution in [0.1, 0.15) is 37.9 Å². The van der Waals surface area contributed by atoms with E-state index in [2.05, 4.69) is 34.6 Å². The summed E-state index contributed by atoms with van der Waals surface area (Å²) in [5.74, 6) is 1.87. The standard InChI is InChI=1S/C17H32N4O.HI/c1-18-17(20-13-11-16-10-9-15-22-16)19-12-7-5-4-6-8-14-21(2)3;/h9-10,15H,4-8,11-14H2,1-3H3,(H2,18,19,20);1H. The van der Waals surface area contributed by atoms with Crippen LogP contribution >= 0.6 is 24.0 Å². The minimum Gasteiger partial charge on any atom is -0.469 e. The van der Waals surface area contributed by atoms with Crippen LogP contribution in [0.4, 0.5) is 0 Å². The third-order valence-electron chi connectivity index (χ3n) is 3.54. The summed E-state index contributed by atoms with van der Waals surface area (Å²) in [7, 11) is 6.08. The zero-order valence-electron chi connectivity index (χ0n) is 14.8. The molecule has 6 heteroatoms. The molecule has 0 aromatic carbocycles. The van der Waals surface area contributed by atoms with Crippen molar-refractivity contribution in [2.45, 2.75) is 38.5 Å². The van der Waals surface area contributed by atoms with Crippen molar-refractivity contribution in [2.24, 2.45) is 4.99 Å². The van der Waals surface area contributed by atoms with Crippen molar-refractivity contribution in [3.8, 4) is 0 Å². The highest BCUT2D eigenvalue weighted by Gasteiger charge is 1.99. The number of nitrogens with one attached hydrogen (secondary N) is 2. The molecule has 0 atom stereocenters. The molecule has 2 N–H and O–H groups in total. The van der Waals surface area contributed by atoms with Gasteiger partial charge in [0.15, 0.2) is 5.96 Å². The molecule has 0 unspecified atom stereocenters. The van der Waals surface area contributed by atoms with Gasteiger partial charge in [-0.3, -0.25) is 4.99 Å². The molecule has 0 aliphatic carbocycles. The fraction of sp³-hybridized carbons (Fsp3) is 0.706. The van der Waals surface area contributed by atoms with E-state index in [1.807, 2.05) is 19.2 Å². The van der Waals surface area contributed by atoms with Gasteiger partial charge in [-0.1, -0.05) is 19.3 Å². The molecule has 0 bridgehead atoms. The molecule has 0 aliphatic heterocycles. The van der Waals surface area contributed by atoms with Gasteiger partial charge >= 0.3 is 0 Å². The minimum absolute atomic E-state index is 0. The van der Waals surface area contributed by atoms with Crippen LogP contribution in [0.25, 0.3) is 0 Å². The van der Waals surface area contributed by atoms with Gasteiger partial charge in [-0.25, -0.2) is 0 Å². The number of furan rings is 1. The van der Waals surface area contributed by atoms with Crippen LogP contribution in [-0.2, 0) is 6.42 Å². The Morgan fingerprint density at radius 1 is 1.09 bits per heavy atom. The van der Waals surface area contributed by atoms with Crippen LogP contribution in [0.3, 0.4) is 0 Å². The second-order valence-electron chi connectivity index (χ2n) is 5.83. The summed E-state index contributed by atoms with van der Waals surface area (Å²) < 4.78 is 5.31. The van der Waals surface area contributed by atoms with Gasteiger partial charge in [0.2, 0.25) is 0 Å². The molecule has 23 heavy (non-hydrogen) atoms. The minimum atomic E-state index is 0. The summed E-state index contributed by atoms with van der Waals surface area (Å²) in [4.78, 5) is 6.48. The van der Waals surface area contributed by atoms with Gasteiger partial charge in [-0.2, -0.15) is 0 Å². The lowest BCUT2D eigenvalue weighted by Crippen LogP contribution is -2.38. The van der Waals surface area contributed by atoms with E-state index in [1.54, 1.807) is 6.26 Å². The van der Waals surface area contributed by atoms with E-state index >= 15 is 0 Å². The molecule has 1 aromatic rings. The van der Waals surface area contributed by atoms with Crippen molar-refractivity contribution in [1.29, 1.82) is 0 Å². The van der Waals surface area contributed by atoms with Gasteiger partial charge in [0, 0.05) is 26.6 Å². The number of aliphatic imine (C=N–C) groups is 1.